The number of aromatic nitrogens is 3. The molecular weight excluding hydrogens is 382 g/mol. The van der Waals surface area contributed by atoms with Gasteiger partial charge in [-0.25, -0.2) is 4.98 Å². The van der Waals surface area contributed by atoms with Gasteiger partial charge >= 0.3 is 0 Å². The number of hydrogen-bond acceptors (Lipinski definition) is 6. The number of rotatable bonds is 6. The highest BCUT2D eigenvalue weighted by molar-refractivity contribution is 6.29. The average molecular weight is 406 g/mol. The van der Waals surface area contributed by atoms with Crippen molar-refractivity contribution >= 4 is 17.5 Å². The fraction of sp³-hybridized carbons (Fsp3) is 0.632. The zero-order chi connectivity index (χ0) is 19.3. The molecule has 1 spiro atoms. The maximum atomic E-state index is 12.3. The van der Waals surface area contributed by atoms with Gasteiger partial charge in [-0.05, 0) is 36.6 Å². The Bertz CT molecular complexity index is 883. The lowest BCUT2D eigenvalue weighted by atomic mass is 9.73. The maximum Gasteiger partial charge on any atom is 0.287 e. The molecule has 2 aromatic heterocycles. The third-order valence-electron chi connectivity index (χ3n) is 6.42. The summed E-state index contributed by atoms with van der Waals surface area (Å²) < 4.78 is 11.6. The highest BCUT2D eigenvalue weighted by Crippen LogP contribution is 2.54. The van der Waals surface area contributed by atoms with Crippen LogP contribution in [0.25, 0.3) is 0 Å². The maximum absolute atomic E-state index is 12.3. The van der Waals surface area contributed by atoms with Crippen LogP contribution in [0, 0.1) is 11.8 Å². The number of nitrogens with zero attached hydrogens (tertiary/aromatic N) is 3. The van der Waals surface area contributed by atoms with Gasteiger partial charge in [0.1, 0.15) is 11.6 Å². The molecule has 5 rings (SSSR count). The second-order valence-electron chi connectivity index (χ2n) is 8.07. The summed E-state index contributed by atoms with van der Waals surface area (Å²) >= 11 is 5.76. The molecule has 3 aliphatic rings. The molecule has 0 aromatic carbocycles. The van der Waals surface area contributed by atoms with Crippen LogP contribution in [0.1, 0.15) is 42.0 Å². The van der Waals surface area contributed by atoms with Crippen LogP contribution in [-0.2, 0) is 17.7 Å². The topological polar surface area (TPSA) is 96.3 Å². The van der Waals surface area contributed by atoms with Gasteiger partial charge in [-0.2, -0.15) is 5.10 Å². The van der Waals surface area contributed by atoms with Crippen LogP contribution >= 0.6 is 11.6 Å². The predicted octanol–water partition coefficient (Wildman–Crippen LogP) is 2.02. The number of H-pyrrole nitrogens is 1. The summed E-state index contributed by atoms with van der Waals surface area (Å²) in [6.45, 7) is 5.25. The molecule has 9 heteroatoms. The molecular formula is C19H24ClN5O3. The minimum atomic E-state index is -0.229. The molecule has 0 aliphatic carbocycles. The number of carbonyl (C=O) groups is 1. The quantitative estimate of drug-likeness (QED) is 0.763. The second kappa shape index (κ2) is 6.86. The van der Waals surface area contributed by atoms with Crippen molar-refractivity contribution in [1.82, 2.24) is 25.4 Å². The molecule has 3 fully saturated rings. The van der Waals surface area contributed by atoms with Crippen molar-refractivity contribution in [2.24, 2.45) is 11.8 Å². The standard InChI is InChI=1S/C19H24ClN5O3/c1-2-16-22-17(24-23-16)9-25-8-12-11(13-5-6-19(12,10-25)28-13)7-21-18(26)14-3-4-15(20)27-14/h3-4,11-13H,2,5-10H2,1H3,(H,21,26)(H,22,23,24)/t11-,12+,13+,19+/m0/s1. The van der Waals surface area contributed by atoms with Crippen LogP contribution in [0.3, 0.4) is 0 Å². The van der Waals surface area contributed by atoms with E-state index in [-0.39, 0.29) is 28.6 Å². The van der Waals surface area contributed by atoms with Gasteiger partial charge in [0.2, 0.25) is 0 Å². The SMILES string of the molecule is CCc1n[nH]c(CN2C[C@@H]3[C@H](CNC(=O)c4ccc(Cl)o4)[C@H]4CC[C@]3(C2)O4)n1. The van der Waals surface area contributed by atoms with E-state index in [1.165, 1.54) is 0 Å². The van der Waals surface area contributed by atoms with Gasteiger partial charge in [0.05, 0.1) is 18.2 Å². The number of furan rings is 1. The molecule has 28 heavy (non-hydrogen) atoms. The summed E-state index contributed by atoms with van der Waals surface area (Å²) in [7, 11) is 0. The number of nitrogens with one attached hydrogen (secondary N) is 2. The smallest absolute Gasteiger partial charge is 0.287 e. The van der Waals surface area contributed by atoms with Crippen molar-refractivity contribution < 1.29 is 13.9 Å². The molecule has 5 heterocycles. The Kier molecular flexibility index (Phi) is 4.45. The normalized spacial score (nSPS) is 31.4. The van der Waals surface area contributed by atoms with Gasteiger partial charge in [0.15, 0.2) is 11.0 Å². The van der Waals surface area contributed by atoms with Gasteiger partial charge in [-0.3, -0.25) is 14.8 Å². The lowest BCUT2D eigenvalue weighted by Crippen LogP contribution is -2.41. The van der Waals surface area contributed by atoms with Crippen LogP contribution in [0.5, 0.6) is 0 Å². The molecule has 0 saturated carbocycles. The van der Waals surface area contributed by atoms with E-state index in [0.29, 0.717) is 18.4 Å². The van der Waals surface area contributed by atoms with Crippen molar-refractivity contribution in [1.29, 1.82) is 0 Å². The number of halogens is 1. The first-order valence-corrected chi connectivity index (χ1v) is 10.3. The Morgan fingerprint density at radius 2 is 2.39 bits per heavy atom. The number of ether oxygens (including phenoxy) is 1. The van der Waals surface area contributed by atoms with Crippen LogP contribution in [0.15, 0.2) is 16.5 Å². The number of amides is 1. The van der Waals surface area contributed by atoms with Gasteiger partial charge in [0, 0.05) is 37.9 Å². The molecule has 2 N–H and O–H groups in total. The van der Waals surface area contributed by atoms with Gasteiger partial charge in [-0.1, -0.05) is 6.92 Å². The summed E-state index contributed by atoms with van der Waals surface area (Å²) in [6.07, 6.45) is 3.20. The summed E-state index contributed by atoms with van der Waals surface area (Å²) in [5, 5.41) is 10.5. The number of aryl methyl sites for hydroxylation is 1. The van der Waals surface area contributed by atoms with E-state index in [1.54, 1.807) is 12.1 Å². The van der Waals surface area contributed by atoms with Crippen molar-refractivity contribution in [2.75, 3.05) is 19.6 Å². The number of hydrogen-bond donors (Lipinski definition) is 2. The molecule has 150 valence electrons. The number of aromatic amines is 1. The zero-order valence-electron chi connectivity index (χ0n) is 15.8. The van der Waals surface area contributed by atoms with Crippen LogP contribution in [0.2, 0.25) is 5.22 Å². The third-order valence-corrected chi connectivity index (χ3v) is 6.62. The van der Waals surface area contributed by atoms with Crippen molar-refractivity contribution in [3.05, 3.63) is 34.8 Å². The van der Waals surface area contributed by atoms with Crippen molar-refractivity contribution in [3.63, 3.8) is 0 Å². The third kappa shape index (κ3) is 3.03. The first-order chi connectivity index (χ1) is 13.6. The van der Waals surface area contributed by atoms with E-state index in [0.717, 1.165) is 50.5 Å². The Morgan fingerprint density at radius 1 is 1.50 bits per heavy atom. The number of carbonyl (C=O) groups excluding carboxylic acids is 1. The van der Waals surface area contributed by atoms with E-state index in [9.17, 15) is 4.79 Å². The molecule has 2 bridgehead atoms. The monoisotopic (exact) mass is 405 g/mol. The second-order valence-corrected chi connectivity index (χ2v) is 8.44. The fourth-order valence-corrected chi connectivity index (χ4v) is 5.34. The minimum absolute atomic E-state index is 0.0817. The zero-order valence-corrected chi connectivity index (χ0v) is 16.5. The highest BCUT2D eigenvalue weighted by Gasteiger charge is 2.62. The van der Waals surface area contributed by atoms with Crippen LogP contribution < -0.4 is 5.32 Å². The molecule has 3 saturated heterocycles. The Labute approximate surface area is 168 Å². The van der Waals surface area contributed by atoms with E-state index >= 15 is 0 Å². The van der Waals surface area contributed by atoms with Crippen LogP contribution in [0.4, 0.5) is 0 Å². The molecule has 1 amide bonds. The minimum Gasteiger partial charge on any atom is -0.440 e. The van der Waals surface area contributed by atoms with Gasteiger partial charge < -0.3 is 14.5 Å². The van der Waals surface area contributed by atoms with Gasteiger partial charge in [0.25, 0.3) is 5.91 Å². The summed E-state index contributed by atoms with van der Waals surface area (Å²) in [6, 6.07) is 3.17. The summed E-state index contributed by atoms with van der Waals surface area (Å²) in [4.78, 5) is 19.2. The van der Waals surface area contributed by atoms with Crippen LogP contribution in [-0.4, -0.2) is 57.3 Å². The molecule has 2 aromatic rings. The molecule has 4 atom stereocenters. The summed E-state index contributed by atoms with van der Waals surface area (Å²) in [5.41, 5.74) is -0.0817. The molecule has 8 nitrogen and oxygen atoms in total. The Hall–Kier alpha value is -1.90. The fourth-order valence-electron chi connectivity index (χ4n) is 5.19. The largest absolute Gasteiger partial charge is 0.440 e. The van der Waals surface area contributed by atoms with Crippen molar-refractivity contribution in [3.8, 4) is 0 Å². The lowest BCUT2D eigenvalue weighted by molar-refractivity contribution is 0.00194. The Morgan fingerprint density at radius 3 is 3.14 bits per heavy atom. The van der Waals surface area contributed by atoms with Gasteiger partial charge in [-0.15, -0.1) is 0 Å². The van der Waals surface area contributed by atoms with E-state index in [1.807, 2.05) is 6.92 Å². The van der Waals surface area contributed by atoms with Crippen molar-refractivity contribution in [2.45, 2.75) is 44.4 Å². The number of likely N-dealkylation sites (tertiary alicyclic amines) is 1. The average Bonchev–Trinajstić information content (AvgIpc) is 3.46. The van der Waals surface area contributed by atoms with E-state index < -0.39 is 0 Å². The Balaban J connectivity index is 1.23. The molecule has 0 radical (unpaired) electrons. The first kappa shape index (κ1) is 18.1. The molecule has 3 aliphatic heterocycles. The predicted molar refractivity (Wildman–Crippen MR) is 101 cm³/mol. The molecule has 0 unspecified atom stereocenters. The van der Waals surface area contributed by atoms with E-state index in [4.69, 9.17) is 20.8 Å². The summed E-state index contributed by atoms with van der Waals surface area (Å²) in [5.74, 6) is 2.50. The first-order valence-electron chi connectivity index (χ1n) is 9.90. The highest BCUT2D eigenvalue weighted by atomic mass is 35.5. The van der Waals surface area contributed by atoms with E-state index in [2.05, 4.69) is 25.4 Å². The number of fused-ring (bicyclic) bond motifs is 1. The lowest BCUT2D eigenvalue weighted by Gasteiger charge is -2.29.